The maximum absolute atomic E-state index is 13.3. The fourth-order valence-corrected chi connectivity index (χ4v) is 4.77. The summed E-state index contributed by atoms with van der Waals surface area (Å²) < 4.78 is 7.39. The second-order valence-corrected chi connectivity index (χ2v) is 9.33. The van der Waals surface area contributed by atoms with Crippen LogP contribution in [0.2, 0.25) is 0 Å². The number of H-pyrrole nitrogens is 1. The number of rotatable bonds is 8. The number of aromatic nitrogens is 3. The monoisotopic (exact) mass is 454 g/mol. The molecule has 1 aliphatic heterocycles. The minimum atomic E-state index is -0.361. The lowest BCUT2D eigenvalue weighted by atomic mass is 10.1. The van der Waals surface area contributed by atoms with Crippen molar-refractivity contribution in [3.05, 3.63) is 63.3 Å². The minimum Gasteiger partial charge on any atom is -0.376 e. The van der Waals surface area contributed by atoms with E-state index in [0.717, 1.165) is 41.9 Å². The summed E-state index contributed by atoms with van der Waals surface area (Å²) in [5.74, 6) is 1.20. The van der Waals surface area contributed by atoms with Crippen LogP contribution < -0.4 is 10.9 Å². The summed E-state index contributed by atoms with van der Waals surface area (Å²) in [5.41, 5.74) is 3.24. The second kappa shape index (κ2) is 9.92. The quantitative estimate of drug-likeness (QED) is 0.541. The molecule has 1 aromatic carbocycles. The van der Waals surface area contributed by atoms with Crippen LogP contribution in [0.15, 0.2) is 35.1 Å². The Morgan fingerprint density at radius 2 is 2.19 bits per heavy atom. The molecule has 1 saturated heterocycles. The molecule has 3 aromatic rings. The lowest BCUT2D eigenvalue weighted by molar-refractivity contribution is 0.0915. The highest BCUT2D eigenvalue weighted by Crippen LogP contribution is 2.21. The van der Waals surface area contributed by atoms with Crippen LogP contribution in [0.3, 0.4) is 0 Å². The van der Waals surface area contributed by atoms with Crippen molar-refractivity contribution in [2.45, 2.75) is 51.8 Å². The number of fused-ring (bicyclic) bond motifs is 1. The van der Waals surface area contributed by atoms with E-state index in [0.29, 0.717) is 24.4 Å². The van der Waals surface area contributed by atoms with Crippen LogP contribution in [0.5, 0.6) is 0 Å². The third kappa shape index (κ3) is 4.76. The molecular formula is C24H30N4O3S. The number of imidazole rings is 1. The van der Waals surface area contributed by atoms with E-state index >= 15 is 0 Å². The summed E-state index contributed by atoms with van der Waals surface area (Å²) >= 11 is 1.71. The highest BCUT2D eigenvalue weighted by atomic mass is 32.2. The number of nitrogens with one attached hydrogen (secondary N) is 2. The molecule has 0 saturated carbocycles. The standard InChI is InChI=1S/C24H30N4O3S/c1-15-13-16(2)28(14-17-7-6-11-31-17)24(30)21(15)23(29)27-20(10-12-32-3)22-25-18-8-4-5-9-19(18)26-22/h4-5,8-9,13,17,20H,6-7,10-12,14H2,1-3H3,(H,25,26)(H,27,29)/t17-,20-/m0/s1. The molecule has 0 aliphatic carbocycles. The van der Waals surface area contributed by atoms with E-state index in [-0.39, 0.29) is 29.2 Å². The zero-order valence-corrected chi connectivity index (χ0v) is 19.6. The van der Waals surface area contributed by atoms with E-state index in [1.165, 1.54) is 0 Å². The smallest absolute Gasteiger partial charge is 0.263 e. The number of carbonyl (C=O) groups excluding carboxylic acids is 1. The second-order valence-electron chi connectivity index (χ2n) is 8.34. The number of hydrogen-bond acceptors (Lipinski definition) is 5. The molecule has 2 aromatic heterocycles. The van der Waals surface area contributed by atoms with Crippen LogP contribution in [0.1, 0.15) is 52.7 Å². The lowest BCUT2D eigenvalue weighted by Gasteiger charge is -2.20. The fraction of sp³-hybridized carbons (Fsp3) is 0.458. The summed E-state index contributed by atoms with van der Waals surface area (Å²) in [4.78, 5) is 34.7. The average Bonchev–Trinajstić information content (AvgIpc) is 3.43. The first-order valence-electron chi connectivity index (χ1n) is 11.0. The van der Waals surface area contributed by atoms with Crippen LogP contribution >= 0.6 is 11.8 Å². The molecule has 2 atom stereocenters. The maximum Gasteiger partial charge on any atom is 0.263 e. The molecule has 1 amide bonds. The van der Waals surface area contributed by atoms with Crippen LogP contribution in [0.4, 0.5) is 0 Å². The predicted molar refractivity (Wildman–Crippen MR) is 128 cm³/mol. The van der Waals surface area contributed by atoms with Gasteiger partial charge in [-0.2, -0.15) is 11.8 Å². The van der Waals surface area contributed by atoms with Gasteiger partial charge < -0.3 is 19.6 Å². The molecule has 2 N–H and O–H groups in total. The van der Waals surface area contributed by atoms with Gasteiger partial charge in [0.25, 0.3) is 11.5 Å². The minimum absolute atomic E-state index is 0.0230. The summed E-state index contributed by atoms with van der Waals surface area (Å²) in [6, 6.07) is 9.39. The molecule has 1 fully saturated rings. The van der Waals surface area contributed by atoms with Crippen LogP contribution in [-0.4, -0.2) is 45.2 Å². The first-order valence-corrected chi connectivity index (χ1v) is 12.4. The van der Waals surface area contributed by atoms with Crippen LogP contribution in [-0.2, 0) is 11.3 Å². The molecule has 4 rings (SSSR count). The highest BCUT2D eigenvalue weighted by molar-refractivity contribution is 7.98. The largest absolute Gasteiger partial charge is 0.376 e. The molecule has 0 radical (unpaired) electrons. The van der Waals surface area contributed by atoms with Crippen molar-refractivity contribution in [1.82, 2.24) is 19.9 Å². The molecule has 8 heteroatoms. The number of hydrogen-bond donors (Lipinski definition) is 2. The Balaban J connectivity index is 1.63. The van der Waals surface area contributed by atoms with Crippen molar-refractivity contribution >= 4 is 28.7 Å². The normalized spacial score (nSPS) is 17.0. The first-order chi connectivity index (χ1) is 15.5. The van der Waals surface area contributed by atoms with Gasteiger partial charge in [-0.1, -0.05) is 12.1 Å². The number of nitrogens with zero attached hydrogens (tertiary/aromatic N) is 2. The Kier molecular flexibility index (Phi) is 7.01. The van der Waals surface area contributed by atoms with Gasteiger partial charge in [-0.25, -0.2) is 4.98 Å². The molecule has 0 unspecified atom stereocenters. The van der Waals surface area contributed by atoms with E-state index in [4.69, 9.17) is 4.74 Å². The van der Waals surface area contributed by atoms with E-state index < -0.39 is 0 Å². The Bertz CT molecular complexity index is 1130. The third-order valence-corrected chi connectivity index (χ3v) is 6.64. The van der Waals surface area contributed by atoms with E-state index in [1.54, 1.807) is 16.3 Å². The van der Waals surface area contributed by atoms with Gasteiger partial charge in [0.15, 0.2) is 0 Å². The number of pyridine rings is 1. The van der Waals surface area contributed by atoms with Crippen molar-refractivity contribution < 1.29 is 9.53 Å². The summed E-state index contributed by atoms with van der Waals surface area (Å²) in [7, 11) is 0. The molecule has 3 heterocycles. The van der Waals surface area contributed by atoms with Crippen molar-refractivity contribution in [3.63, 3.8) is 0 Å². The first kappa shape index (κ1) is 22.6. The Hall–Kier alpha value is -2.58. The third-order valence-electron chi connectivity index (χ3n) is 6.00. The predicted octanol–water partition coefficient (Wildman–Crippen LogP) is 3.74. The number of aromatic amines is 1. The van der Waals surface area contributed by atoms with Gasteiger partial charge >= 0.3 is 0 Å². The molecular weight excluding hydrogens is 424 g/mol. The number of para-hydroxylation sites is 2. The highest BCUT2D eigenvalue weighted by Gasteiger charge is 2.25. The van der Waals surface area contributed by atoms with Gasteiger partial charge in [0.1, 0.15) is 11.4 Å². The van der Waals surface area contributed by atoms with Gasteiger partial charge in [-0.3, -0.25) is 9.59 Å². The molecule has 1 aliphatic rings. The van der Waals surface area contributed by atoms with Crippen LogP contribution in [0, 0.1) is 13.8 Å². The van der Waals surface area contributed by atoms with Gasteiger partial charge in [-0.05, 0) is 68.9 Å². The summed E-state index contributed by atoms with van der Waals surface area (Å²) in [6.07, 6.45) is 4.71. The number of ether oxygens (including phenoxy) is 1. The van der Waals surface area contributed by atoms with Gasteiger partial charge in [0.05, 0.1) is 29.7 Å². The fourth-order valence-electron chi connectivity index (χ4n) is 4.30. The average molecular weight is 455 g/mol. The molecule has 0 spiro atoms. The van der Waals surface area contributed by atoms with E-state index in [1.807, 2.05) is 50.4 Å². The Morgan fingerprint density at radius 1 is 1.38 bits per heavy atom. The molecule has 32 heavy (non-hydrogen) atoms. The number of thioether (sulfide) groups is 1. The van der Waals surface area contributed by atoms with E-state index in [9.17, 15) is 9.59 Å². The zero-order valence-electron chi connectivity index (χ0n) is 18.8. The summed E-state index contributed by atoms with van der Waals surface area (Å²) in [6.45, 7) is 4.93. The Labute approximate surface area is 192 Å². The number of amides is 1. The van der Waals surface area contributed by atoms with Crippen molar-refractivity contribution in [2.24, 2.45) is 0 Å². The van der Waals surface area contributed by atoms with Crippen LogP contribution in [0.25, 0.3) is 11.0 Å². The molecule has 0 bridgehead atoms. The SMILES string of the molecule is CSCC[C@H](NC(=O)c1c(C)cc(C)n(C[C@@H]2CCCO2)c1=O)c1nc2ccccc2[nH]1. The van der Waals surface area contributed by atoms with Crippen molar-refractivity contribution in [3.8, 4) is 0 Å². The Morgan fingerprint density at radius 3 is 2.91 bits per heavy atom. The summed E-state index contributed by atoms with van der Waals surface area (Å²) in [5, 5.41) is 3.08. The maximum atomic E-state index is 13.3. The topological polar surface area (TPSA) is 89.0 Å². The van der Waals surface area contributed by atoms with Crippen molar-refractivity contribution in [1.29, 1.82) is 0 Å². The van der Waals surface area contributed by atoms with Gasteiger partial charge in [0.2, 0.25) is 0 Å². The molecule has 7 nitrogen and oxygen atoms in total. The van der Waals surface area contributed by atoms with E-state index in [2.05, 4.69) is 15.3 Å². The zero-order chi connectivity index (χ0) is 22.7. The molecule has 170 valence electrons. The number of carbonyl (C=O) groups is 1. The number of aryl methyl sites for hydroxylation is 2. The van der Waals surface area contributed by atoms with Gasteiger partial charge in [-0.15, -0.1) is 0 Å². The lowest BCUT2D eigenvalue weighted by Crippen LogP contribution is -2.38. The van der Waals surface area contributed by atoms with Crippen molar-refractivity contribution in [2.75, 3.05) is 18.6 Å². The number of benzene rings is 1. The van der Waals surface area contributed by atoms with Gasteiger partial charge in [0, 0.05) is 12.3 Å².